The van der Waals surface area contributed by atoms with Gasteiger partial charge in [0.2, 0.25) is 0 Å². The molecule has 55 heavy (non-hydrogen) atoms. The molecule has 0 radical (unpaired) electrons. The van der Waals surface area contributed by atoms with Crippen LogP contribution in [0.2, 0.25) is 0 Å². The summed E-state index contributed by atoms with van der Waals surface area (Å²) < 4.78 is 33.5. The largest absolute Gasteiger partial charge is 0.756 e. The van der Waals surface area contributed by atoms with Crippen molar-refractivity contribution in [3.8, 4) is 0 Å². The highest BCUT2D eigenvalue weighted by molar-refractivity contribution is 7.45. The van der Waals surface area contributed by atoms with Crippen LogP contribution in [-0.4, -0.2) is 104 Å². The van der Waals surface area contributed by atoms with E-state index in [1.165, 1.54) is 51.0 Å². The third kappa shape index (κ3) is 36.0. The van der Waals surface area contributed by atoms with Crippen molar-refractivity contribution in [2.45, 2.75) is 160 Å². The number of hydrogen-bond donors (Lipinski definition) is 3. The Balaban J connectivity index is 4.77. The minimum Gasteiger partial charge on any atom is -0.756 e. The molecule has 5 atom stereocenters. The molecule has 0 spiro atoms. The fourth-order valence-electron chi connectivity index (χ4n) is 5.27. The van der Waals surface area contributed by atoms with Gasteiger partial charge in [-0.05, 0) is 25.7 Å². The van der Waals surface area contributed by atoms with Gasteiger partial charge in [0.15, 0.2) is 6.10 Å². The molecule has 0 aromatic carbocycles. The minimum atomic E-state index is -4.72. The van der Waals surface area contributed by atoms with Crippen molar-refractivity contribution in [3.05, 3.63) is 48.6 Å². The summed E-state index contributed by atoms with van der Waals surface area (Å²) in [5, 5.41) is 30.5. The second kappa shape index (κ2) is 33.9. The summed E-state index contributed by atoms with van der Waals surface area (Å²) in [6.45, 7) is 3.68. The van der Waals surface area contributed by atoms with Crippen LogP contribution in [0.15, 0.2) is 48.6 Å². The normalized spacial score (nSPS) is 15.9. The van der Waals surface area contributed by atoms with E-state index in [4.69, 9.17) is 18.5 Å². The van der Waals surface area contributed by atoms with Gasteiger partial charge in [0.05, 0.1) is 46.1 Å². The number of carbonyl (C=O) groups is 2. The van der Waals surface area contributed by atoms with Crippen molar-refractivity contribution in [2.24, 2.45) is 0 Å². The number of hydrogen-bond acceptors (Lipinski definition) is 11. The van der Waals surface area contributed by atoms with E-state index in [0.29, 0.717) is 17.4 Å². The molecule has 0 aliphatic rings. The molecule has 0 aromatic heterocycles. The summed E-state index contributed by atoms with van der Waals surface area (Å²) >= 11 is 0. The first-order valence-electron chi connectivity index (χ1n) is 20.7. The van der Waals surface area contributed by atoms with Gasteiger partial charge in [0.25, 0.3) is 7.82 Å². The van der Waals surface area contributed by atoms with E-state index >= 15 is 0 Å². The van der Waals surface area contributed by atoms with Gasteiger partial charge in [-0.3, -0.25) is 14.2 Å². The third-order valence-electron chi connectivity index (χ3n) is 8.72. The predicted molar refractivity (Wildman–Crippen MR) is 217 cm³/mol. The Kier molecular flexibility index (Phi) is 32.6. The molecule has 3 N–H and O–H groups in total. The summed E-state index contributed by atoms with van der Waals surface area (Å²) in [5.41, 5.74) is 0. The topological polar surface area (TPSA) is 172 Å². The molecular weight excluding hydrogens is 725 g/mol. The highest BCUT2D eigenvalue weighted by atomic mass is 31.2. The molecule has 0 rings (SSSR count). The van der Waals surface area contributed by atoms with Crippen molar-refractivity contribution in [1.82, 2.24) is 0 Å². The maximum absolute atomic E-state index is 12.7. The molecule has 320 valence electrons. The zero-order valence-corrected chi connectivity index (χ0v) is 35.6. The van der Waals surface area contributed by atoms with E-state index in [1.54, 1.807) is 42.5 Å². The number of nitrogens with zero attached hydrogens (tertiary/aromatic N) is 1. The Morgan fingerprint density at radius 2 is 1.18 bits per heavy atom. The van der Waals surface area contributed by atoms with E-state index in [1.807, 2.05) is 21.1 Å². The number of ether oxygens (including phenoxy) is 2. The van der Waals surface area contributed by atoms with Crippen LogP contribution in [0.3, 0.4) is 0 Å². The first-order chi connectivity index (χ1) is 26.2. The molecule has 0 fully saturated rings. The Labute approximate surface area is 332 Å². The summed E-state index contributed by atoms with van der Waals surface area (Å²) in [4.78, 5) is 37.4. The number of aliphatic hydroxyl groups excluding tert-OH is 3. The monoisotopic (exact) mass is 802 g/mol. The maximum Gasteiger partial charge on any atom is 0.306 e. The SMILES string of the molecule is CCCCCCCCCCCCCC(=O)OC[C@H](COP(=O)([O-])OCC[N+](C)(C)C)OC(=O)CCC[C@H](O)[C@@H](O)/C=C/C=C/C=C\C=C\[C@@H](O)CCCCC. The average molecular weight is 802 g/mol. The second-order valence-electron chi connectivity index (χ2n) is 15.2. The quantitative estimate of drug-likeness (QED) is 0.0190. The molecule has 0 aliphatic carbocycles. The summed E-state index contributed by atoms with van der Waals surface area (Å²) in [7, 11) is 0.944. The summed E-state index contributed by atoms with van der Waals surface area (Å²) in [5.74, 6) is -1.17. The van der Waals surface area contributed by atoms with Crippen LogP contribution in [-0.2, 0) is 32.7 Å². The zero-order valence-electron chi connectivity index (χ0n) is 34.7. The van der Waals surface area contributed by atoms with Crippen LogP contribution >= 0.6 is 7.82 Å². The van der Waals surface area contributed by atoms with Crippen molar-refractivity contribution in [3.63, 3.8) is 0 Å². The molecule has 0 saturated carbocycles. The lowest BCUT2D eigenvalue weighted by Crippen LogP contribution is -2.37. The van der Waals surface area contributed by atoms with Gasteiger partial charge in [-0.1, -0.05) is 146 Å². The highest BCUT2D eigenvalue weighted by Crippen LogP contribution is 2.38. The number of likely N-dealkylation sites (N-methyl/N-ethyl adjacent to an activating group) is 1. The Morgan fingerprint density at radius 1 is 0.655 bits per heavy atom. The van der Waals surface area contributed by atoms with Crippen LogP contribution in [0.1, 0.15) is 136 Å². The molecule has 0 heterocycles. The fraction of sp³-hybridized carbons (Fsp3) is 0.762. The number of carbonyl (C=O) groups excluding carboxylic acids is 2. The first kappa shape index (κ1) is 52.9. The molecule has 13 heteroatoms. The van der Waals surface area contributed by atoms with Crippen LogP contribution in [0, 0.1) is 0 Å². The van der Waals surface area contributed by atoms with Crippen molar-refractivity contribution < 1.29 is 57.4 Å². The molecule has 0 aliphatic heterocycles. The number of quaternary nitrogens is 1. The van der Waals surface area contributed by atoms with Gasteiger partial charge in [-0.15, -0.1) is 0 Å². The van der Waals surface area contributed by atoms with E-state index in [9.17, 15) is 34.4 Å². The van der Waals surface area contributed by atoms with Crippen molar-refractivity contribution in [2.75, 3.05) is 47.5 Å². The lowest BCUT2D eigenvalue weighted by molar-refractivity contribution is -0.870. The first-order valence-corrected chi connectivity index (χ1v) is 22.1. The molecule has 0 bridgehead atoms. The van der Waals surface area contributed by atoms with E-state index < -0.39 is 50.8 Å². The fourth-order valence-corrected chi connectivity index (χ4v) is 6.00. The standard InChI is InChI=1S/C42H76NO11P/c1-6-8-10-11-12-13-14-15-16-21-25-31-41(47)51-35-38(36-53-55(49,50)52-34-33-43(3,4)5)54-42(48)32-26-30-40(46)39(45)29-24-20-18-17-19-23-28-37(44)27-22-9-7-2/h17-20,23-24,28-29,37-40,44-46H,6-16,21-22,25-27,30-36H2,1-5H3/b19-17-,20-18+,28-23+,29-24+/t37-,38+,39-,40-/m0/s1. The predicted octanol–water partition coefficient (Wildman–Crippen LogP) is 7.41. The number of aliphatic hydroxyl groups is 3. The summed E-state index contributed by atoms with van der Waals surface area (Å²) in [6, 6.07) is 0. The van der Waals surface area contributed by atoms with Crippen LogP contribution in [0.5, 0.6) is 0 Å². The lowest BCUT2D eigenvalue weighted by Gasteiger charge is -2.28. The molecule has 1 unspecified atom stereocenters. The molecule has 0 amide bonds. The van der Waals surface area contributed by atoms with E-state index in [0.717, 1.165) is 44.9 Å². The molecular formula is C42H76NO11P. The Hall–Kier alpha value is -2.15. The van der Waals surface area contributed by atoms with E-state index in [2.05, 4.69) is 13.8 Å². The van der Waals surface area contributed by atoms with Crippen molar-refractivity contribution in [1.29, 1.82) is 0 Å². The van der Waals surface area contributed by atoms with Gasteiger partial charge in [-0.25, -0.2) is 0 Å². The van der Waals surface area contributed by atoms with Crippen LogP contribution < -0.4 is 4.89 Å². The second-order valence-corrected chi connectivity index (χ2v) is 16.6. The van der Waals surface area contributed by atoms with Crippen molar-refractivity contribution >= 4 is 19.8 Å². The number of unbranched alkanes of at least 4 members (excludes halogenated alkanes) is 12. The number of allylic oxidation sites excluding steroid dienone is 6. The Morgan fingerprint density at radius 3 is 1.78 bits per heavy atom. The lowest BCUT2D eigenvalue weighted by atomic mass is 10.1. The van der Waals surface area contributed by atoms with Gasteiger partial charge in [-0.2, -0.15) is 0 Å². The maximum atomic E-state index is 12.7. The smallest absolute Gasteiger partial charge is 0.306 e. The minimum absolute atomic E-state index is 0.0952. The van der Waals surface area contributed by atoms with Gasteiger partial charge >= 0.3 is 11.9 Å². The van der Waals surface area contributed by atoms with Crippen LogP contribution in [0.25, 0.3) is 0 Å². The average Bonchev–Trinajstić information content (AvgIpc) is 3.12. The number of rotatable bonds is 36. The number of esters is 2. The molecule has 0 aromatic rings. The van der Waals surface area contributed by atoms with Gasteiger partial charge in [0, 0.05) is 12.8 Å². The van der Waals surface area contributed by atoms with Crippen LogP contribution in [0.4, 0.5) is 0 Å². The third-order valence-corrected chi connectivity index (χ3v) is 9.68. The van der Waals surface area contributed by atoms with Gasteiger partial charge in [0.1, 0.15) is 19.8 Å². The summed E-state index contributed by atoms with van der Waals surface area (Å²) in [6.07, 6.45) is 26.6. The van der Waals surface area contributed by atoms with E-state index in [-0.39, 0.29) is 38.9 Å². The molecule has 12 nitrogen and oxygen atoms in total. The highest BCUT2D eigenvalue weighted by Gasteiger charge is 2.22. The zero-order chi connectivity index (χ0) is 41.2. The number of phosphoric ester groups is 1. The van der Waals surface area contributed by atoms with Gasteiger partial charge < -0.3 is 43.2 Å². The molecule has 0 saturated heterocycles. The number of phosphoric acid groups is 1. The Bertz CT molecular complexity index is 1140.